The minimum atomic E-state index is -3.10. The number of carbonyl (C=O) groups excluding carboxylic acids is 1. The zero-order valence-electron chi connectivity index (χ0n) is 18.4. The third-order valence-corrected chi connectivity index (χ3v) is 9.83. The molecule has 33 heavy (non-hydrogen) atoms. The van der Waals surface area contributed by atoms with Crippen molar-refractivity contribution in [1.29, 1.82) is 0 Å². The Kier molecular flexibility index (Phi) is 6.47. The number of sulfone groups is 1. The van der Waals surface area contributed by atoms with Crippen molar-refractivity contribution in [2.75, 3.05) is 16.4 Å². The molecule has 1 aliphatic carbocycles. The number of anilines is 1. The quantitative estimate of drug-likeness (QED) is 0.571. The average molecular weight is 485 g/mol. The van der Waals surface area contributed by atoms with Crippen LogP contribution in [0.3, 0.4) is 0 Å². The van der Waals surface area contributed by atoms with E-state index >= 15 is 0 Å². The molecule has 8 heteroatoms. The van der Waals surface area contributed by atoms with Crippen LogP contribution < -0.4 is 9.64 Å². The van der Waals surface area contributed by atoms with Gasteiger partial charge >= 0.3 is 0 Å². The summed E-state index contributed by atoms with van der Waals surface area (Å²) in [6.07, 6.45) is 6.30. The van der Waals surface area contributed by atoms with E-state index in [2.05, 4.69) is 4.99 Å². The van der Waals surface area contributed by atoms with Crippen molar-refractivity contribution in [3.05, 3.63) is 54.6 Å². The van der Waals surface area contributed by atoms with Crippen LogP contribution in [0.2, 0.25) is 0 Å². The summed E-state index contributed by atoms with van der Waals surface area (Å²) in [4.78, 5) is 19.1. The zero-order valence-corrected chi connectivity index (χ0v) is 20.1. The fraction of sp³-hybridized carbons (Fsp3) is 0.440. The molecule has 3 fully saturated rings. The van der Waals surface area contributed by atoms with Crippen molar-refractivity contribution >= 4 is 38.4 Å². The average Bonchev–Trinajstić information content (AvgIpc) is 3.48. The van der Waals surface area contributed by atoms with E-state index < -0.39 is 9.84 Å². The summed E-state index contributed by atoms with van der Waals surface area (Å²) in [5.41, 5.74) is 0.829. The molecule has 0 N–H and O–H groups in total. The van der Waals surface area contributed by atoms with E-state index in [4.69, 9.17) is 4.74 Å². The van der Waals surface area contributed by atoms with Crippen molar-refractivity contribution in [3.63, 3.8) is 0 Å². The number of aliphatic imine (C=N–C) groups is 1. The maximum atomic E-state index is 12.7. The van der Waals surface area contributed by atoms with Crippen molar-refractivity contribution < 1.29 is 17.9 Å². The summed E-state index contributed by atoms with van der Waals surface area (Å²) >= 11 is 1.42. The first-order valence-corrected chi connectivity index (χ1v) is 14.3. The van der Waals surface area contributed by atoms with Crippen LogP contribution >= 0.6 is 11.8 Å². The Morgan fingerprint density at radius 1 is 1.00 bits per heavy atom. The van der Waals surface area contributed by atoms with Crippen LogP contribution in [0.15, 0.2) is 59.6 Å². The largest absolute Gasteiger partial charge is 0.457 e. The normalized spacial score (nSPS) is 25.5. The summed E-state index contributed by atoms with van der Waals surface area (Å²) in [6.45, 7) is 0. The van der Waals surface area contributed by atoms with Gasteiger partial charge in [-0.1, -0.05) is 55.6 Å². The first kappa shape index (κ1) is 22.5. The SMILES string of the molecule is O=C(CCC1CCCC1)N=C1S[C@H]2CS(=O)(=O)C[C@@H]2N1c1ccc(Oc2ccccc2)cc1. The third-order valence-electron chi connectivity index (χ3n) is 6.62. The van der Waals surface area contributed by atoms with Gasteiger partial charge in [0.25, 0.3) is 0 Å². The molecule has 2 saturated heterocycles. The fourth-order valence-electron chi connectivity index (χ4n) is 4.96. The Morgan fingerprint density at radius 2 is 1.70 bits per heavy atom. The maximum absolute atomic E-state index is 12.7. The molecule has 0 aromatic heterocycles. The summed E-state index contributed by atoms with van der Waals surface area (Å²) in [6, 6.07) is 16.9. The molecular weight excluding hydrogens is 456 g/mol. The molecular formula is C25H28N2O4S2. The van der Waals surface area contributed by atoms with Gasteiger partial charge in [0.05, 0.1) is 17.5 Å². The van der Waals surface area contributed by atoms with E-state index in [1.807, 2.05) is 59.5 Å². The number of thioether (sulfide) groups is 1. The lowest BCUT2D eigenvalue weighted by Gasteiger charge is -2.24. The molecule has 6 nitrogen and oxygen atoms in total. The summed E-state index contributed by atoms with van der Waals surface area (Å²) < 4.78 is 30.5. The van der Waals surface area contributed by atoms with Crippen molar-refractivity contribution in [2.24, 2.45) is 10.9 Å². The number of fused-ring (bicyclic) bond motifs is 1. The van der Waals surface area contributed by atoms with E-state index in [9.17, 15) is 13.2 Å². The molecule has 0 spiro atoms. The third kappa shape index (κ3) is 5.27. The smallest absolute Gasteiger partial charge is 0.248 e. The van der Waals surface area contributed by atoms with Gasteiger partial charge in [-0.05, 0) is 48.7 Å². The molecule has 2 aliphatic heterocycles. The molecule has 2 aromatic rings. The molecule has 1 saturated carbocycles. The van der Waals surface area contributed by atoms with E-state index in [0.29, 0.717) is 23.3 Å². The molecule has 1 amide bonds. The van der Waals surface area contributed by atoms with Crippen molar-refractivity contribution in [2.45, 2.75) is 49.8 Å². The number of nitrogens with zero attached hydrogens (tertiary/aromatic N) is 2. The Labute approximate surface area is 199 Å². The molecule has 2 atom stereocenters. The van der Waals surface area contributed by atoms with Crippen LogP contribution in [0.1, 0.15) is 38.5 Å². The van der Waals surface area contributed by atoms with Gasteiger partial charge in [-0.15, -0.1) is 0 Å². The van der Waals surface area contributed by atoms with Gasteiger partial charge in [-0.3, -0.25) is 4.79 Å². The van der Waals surface area contributed by atoms with Crippen LogP contribution in [0.25, 0.3) is 0 Å². The number of hydrogen-bond acceptors (Lipinski definition) is 5. The highest BCUT2D eigenvalue weighted by atomic mass is 32.2. The van der Waals surface area contributed by atoms with Gasteiger partial charge in [-0.25, -0.2) is 8.42 Å². The van der Waals surface area contributed by atoms with Gasteiger partial charge in [-0.2, -0.15) is 4.99 Å². The molecule has 2 aromatic carbocycles. The number of amides is 1. The van der Waals surface area contributed by atoms with E-state index in [0.717, 1.165) is 17.9 Å². The van der Waals surface area contributed by atoms with Crippen LogP contribution in [-0.2, 0) is 14.6 Å². The standard InChI is InChI=1S/C25H28N2O4S2/c28-24(15-10-18-6-4-5-7-18)26-25-27(22-16-33(29,30)17-23(22)32-25)19-11-13-21(14-12-19)31-20-8-2-1-3-9-20/h1-3,8-9,11-14,18,22-23H,4-7,10,15-17H2/t22-,23-/m0/s1. The summed E-state index contributed by atoms with van der Waals surface area (Å²) in [5.74, 6) is 2.19. The summed E-state index contributed by atoms with van der Waals surface area (Å²) in [5, 5.41) is 0.518. The Morgan fingerprint density at radius 3 is 2.42 bits per heavy atom. The lowest BCUT2D eigenvalue weighted by Crippen LogP contribution is -2.37. The fourth-order valence-corrected chi connectivity index (χ4v) is 8.89. The molecule has 174 valence electrons. The highest BCUT2D eigenvalue weighted by Crippen LogP contribution is 2.41. The molecule has 3 aliphatic rings. The zero-order chi connectivity index (χ0) is 22.8. The van der Waals surface area contributed by atoms with Gasteiger partial charge in [0.15, 0.2) is 15.0 Å². The number of carbonyl (C=O) groups is 1. The van der Waals surface area contributed by atoms with Gasteiger partial charge < -0.3 is 9.64 Å². The van der Waals surface area contributed by atoms with Gasteiger partial charge in [0.2, 0.25) is 5.91 Å². The second-order valence-electron chi connectivity index (χ2n) is 9.06. The lowest BCUT2D eigenvalue weighted by molar-refractivity contribution is -0.118. The Hall–Kier alpha value is -2.32. The van der Waals surface area contributed by atoms with Gasteiger partial charge in [0, 0.05) is 17.4 Å². The van der Waals surface area contributed by atoms with Gasteiger partial charge in [0.1, 0.15) is 11.5 Å². The van der Waals surface area contributed by atoms with E-state index in [1.165, 1.54) is 37.4 Å². The van der Waals surface area contributed by atoms with Crippen LogP contribution in [0.5, 0.6) is 11.5 Å². The highest BCUT2D eigenvalue weighted by molar-refractivity contribution is 8.16. The van der Waals surface area contributed by atoms with Crippen LogP contribution in [0.4, 0.5) is 5.69 Å². The monoisotopic (exact) mass is 484 g/mol. The predicted octanol–water partition coefficient (Wildman–Crippen LogP) is 5.05. The molecule has 0 bridgehead atoms. The number of benzene rings is 2. The molecule has 0 radical (unpaired) electrons. The highest BCUT2D eigenvalue weighted by Gasteiger charge is 2.49. The Bertz CT molecular complexity index is 1130. The first-order chi connectivity index (χ1) is 16.0. The van der Waals surface area contributed by atoms with Crippen molar-refractivity contribution in [3.8, 4) is 11.5 Å². The number of ether oxygens (including phenoxy) is 1. The van der Waals surface area contributed by atoms with E-state index in [-0.39, 0.29) is 28.7 Å². The number of hydrogen-bond donors (Lipinski definition) is 0. The Balaban J connectivity index is 1.35. The second kappa shape index (κ2) is 9.50. The summed E-state index contributed by atoms with van der Waals surface area (Å²) in [7, 11) is -3.10. The topological polar surface area (TPSA) is 76.0 Å². The minimum Gasteiger partial charge on any atom is -0.457 e. The minimum absolute atomic E-state index is 0.0855. The number of amidine groups is 1. The lowest BCUT2D eigenvalue weighted by atomic mass is 10.0. The van der Waals surface area contributed by atoms with Crippen LogP contribution in [0, 0.1) is 5.92 Å². The predicted molar refractivity (Wildman–Crippen MR) is 133 cm³/mol. The molecule has 0 unspecified atom stereocenters. The number of rotatable bonds is 6. The van der Waals surface area contributed by atoms with Crippen molar-refractivity contribution in [1.82, 2.24) is 0 Å². The maximum Gasteiger partial charge on any atom is 0.248 e. The van der Waals surface area contributed by atoms with Crippen LogP contribution in [-0.4, -0.2) is 42.3 Å². The molecule has 2 heterocycles. The molecule has 5 rings (SSSR count). The second-order valence-corrected chi connectivity index (χ2v) is 12.4. The number of para-hydroxylation sites is 1. The first-order valence-electron chi connectivity index (χ1n) is 11.6. The van der Waals surface area contributed by atoms with E-state index in [1.54, 1.807) is 0 Å².